The van der Waals surface area contributed by atoms with E-state index in [1.807, 2.05) is 34.7 Å². The van der Waals surface area contributed by atoms with E-state index in [9.17, 15) is 0 Å². The maximum atomic E-state index is 5.15. The van der Waals surface area contributed by atoms with E-state index in [1.54, 1.807) is 0 Å². The zero-order valence-corrected chi connectivity index (χ0v) is 11.1. The maximum Gasteiger partial charge on any atom is 0.232 e. The smallest absolute Gasteiger partial charge is 0.232 e. The van der Waals surface area contributed by atoms with E-state index in [0.717, 1.165) is 0 Å². The first-order valence-electron chi connectivity index (χ1n) is 5.27. The predicted molar refractivity (Wildman–Crippen MR) is 73.8 cm³/mol. The van der Waals surface area contributed by atoms with Crippen molar-refractivity contribution in [3.63, 3.8) is 0 Å². The summed E-state index contributed by atoms with van der Waals surface area (Å²) in [6.45, 7) is 0. The van der Waals surface area contributed by atoms with Crippen molar-refractivity contribution in [2.75, 3.05) is 0 Å². The average Bonchev–Trinajstić information content (AvgIpc) is 2.75. The summed E-state index contributed by atoms with van der Waals surface area (Å²) in [6, 6.07) is 14.6. The lowest BCUT2D eigenvalue weighted by molar-refractivity contribution is 0.381. The van der Waals surface area contributed by atoms with Gasteiger partial charge in [-0.2, -0.15) is 4.98 Å². The third kappa shape index (κ3) is 2.17. The summed E-state index contributed by atoms with van der Waals surface area (Å²) in [7, 11) is 0. The van der Waals surface area contributed by atoms with E-state index in [4.69, 9.17) is 4.52 Å². The van der Waals surface area contributed by atoms with Crippen molar-refractivity contribution in [3.8, 4) is 0 Å². The Morgan fingerprint density at radius 1 is 1.06 bits per heavy atom. The lowest BCUT2D eigenvalue weighted by Crippen LogP contribution is -1.90. The third-order valence-electron chi connectivity index (χ3n) is 2.66. The molecule has 0 saturated heterocycles. The molecule has 0 aliphatic carbocycles. The van der Waals surface area contributed by atoms with Crippen LogP contribution in [0.4, 0.5) is 0 Å². The normalized spacial score (nSPS) is 10.9. The maximum absolute atomic E-state index is 5.15. The summed E-state index contributed by atoms with van der Waals surface area (Å²) >= 11 is 2.05. The number of nitrogens with zero attached hydrogens (tertiary/aromatic N) is 2. The molecular weight excluding hydrogens is 327 g/mol. The minimum atomic E-state index is 0.651. The number of rotatable bonds is 2. The fourth-order valence-electron chi connectivity index (χ4n) is 1.92. The van der Waals surface area contributed by atoms with Crippen LogP contribution in [-0.4, -0.2) is 10.1 Å². The fraction of sp³-hybridized carbons (Fsp3) is 0.0769. The molecule has 3 nitrogen and oxygen atoms in total. The number of benzene rings is 2. The second-order valence-electron chi connectivity index (χ2n) is 3.77. The van der Waals surface area contributed by atoms with Crippen molar-refractivity contribution in [2.24, 2.45) is 0 Å². The minimum absolute atomic E-state index is 0.651. The fourth-order valence-corrected chi connectivity index (χ4v) is 2.28. The second kappa shape index (κ2) is 4.44. The predicted octanol–water partition coefficient (Wildman–Crippen LogP) is 3.42. The zero-order valence-electron chi connectivity index (χ0n) is 8.93. The highest BCUT2D eigenvalue weighted by molar-refractivity contribution is 14.1. The van der Waals surface area contributed by atoms with Crippen molar-refractivity contribution < 1.29 is 4.52 Å². The van der Waals surface area contributed by atoms with Crippen LogP contribution in [-0.2, 0) is 6.42 Å². The lowest BCUT2D eigenvalue weighted by Gasteiger charge is -2.03. The number of aromatic nitrogens is 2. The minimum Gasteiger partial charge on any atom is -0.338 e. The van der Waals surface area contributed by atoms with Gasteiger partial charge < -0.3 is 4.52 Å². The molecule has 0 saturated carbocycles. The van der Waals surface area contributed by atoms with Gasteiger partial charge in [-0.05, 0) is 16.3 Å². The van der Waals surface area contributed by atoms with Crippen LogP contribution in [0.25, 0.3) is 10.8 Å². The van der Waals surface area contributed by atoms with Gasteiger partial charge in [-0.1, -0.05) is 47.6 Å². The molecule has 1 aromatic heterocycles. The quantitative estimate of drug-likeness (QED) is 0.673. The Morgan fingerprint density at radius 2 is 1.88 bits per heavy atom. The lowest BCUT2D eigenvalue weighted by atomic mass is 10.0. The van der Waals surface area contributed by atoms with Gasteiger partial charge in [-0.25, -0.2) is 0 Å². The highest BCUT2D eigenvalue weighted by Crippen LogP contribution is 2.20. The zero-order chi connectivity index (χ0) is 11.7. The first-order chi connectivity index (χ1) is 8.33. The van der Waals surface area contributed by atoms with Gasteiger partial charge in [0, 0.05) is 22.6 Å². The first kappa shape index (κ1) is 10.7. The summed E-state index contributed by atoms with van der Waals surface area (Å²) in [5.74, 6) is 0.658. The standard InChI is InChI=1S/C13H9IN2O/c14-13-15-12(17-16-13)8-10-6-3-5-9-4-1-2-7-11(9)10/h1-7H,8H2. The molecule has 0 atom stereocenters. The number of hydrogen-bond acceptors (Lipinski definition) is 3. The Labute approximate surface area is 112 Å². The molecule has 3 rings (SSSR count). The van der Waals surface area contributed by atoms with Crippen LogP contribution in [0.15, 0.2) is 47.0 Å². The van der Waals surface area contributed by atoms with Crippen molar-refractivity contribution in [1.82, 2.24) is 10.1 Å². The van der Waals surface area contributed by atoms with E-state index in [1.165, 1.54) is 16.3 Å². The topological polar surface area (TPSA) is 38.9 Å². The second-order valence-corrected chi connectivity index (χ2v) is 4.74. The van der Waals surface area contributed by atoms with Gasteiger partial charge in [0.05, 0.1) is 6.42 Å². The molecule has 0 aliphatic heterocycles. The summed E-state index contributed by atoms with van der Waals surface area (Å²) in [4.78, 5) is 4.22. The van der Waals surface area contributed by atoms with Crippen molar-refractivity contribution in [1.29, 1.82) is 0 Å². The van der Waals surface area contributed by atoms with Gasteiger partial charge in [0.1, 0.15) is 0 Å². The molecule has 3 aromatic rings. The van der Waals surface area contributed by atoms with E-state index in [-0.39, 0.29) is 0 Å². The van der Waals surface area contributed by atoms with E-state index in [2.05, 4.69) is 40.5 Å². The Kier molecular flexibility index (Phi) is 2.80. The SMILES string of the molecule is Ic1noc(Cc2cccc3ccccc23)n1. The molecule has 1 heterocycles. The molecule has 0 fully saturated rings. The van der Waals surface area contributed by atoms with Crippen LogP contribution in [0.3, 0.4) is 0 Å². The Hall–Kier alpha value is -1.43. The van der Waals surface area contributed by atoms with Crippen molar-refractivity contribution >= 4 is 33.4 Å². The number of fused-ring (bicyclic) bond motifs is 1. The Morgan fingerprint density at radius 3 is 2.71 bits per heavy atom. The van der Waals surface area contributed by atoms with E-state index in [0.29, 0.717) is 16.1 Å². The van der Waals surface area contributed by atoms with Gasteiger partial charge in [-0.3, -0.25) is 0 Å². The molecule has 0 aliphatic rings. The van der Waals surface area contributed by atoms with E-state index >= 15 is 0 Å². The molecule has 0 radical (unpaired) electrons. The molecule has 0 unspecified atom stereocenters. The molecular formula is C13H9IN2O. The van der Waals surface area contributed by atoms with Crippen LogP contribution in [0, 0.1) is 3.83 Å². The molecule has 0 bridgehead atoms. The van der Waals surface area contributed by atoms with Gasteiger partial charge in [-0.15, -0.1) is 0 Å². The summed E-state index contributed by atoms with van der Waals surface area (Å²) in [5, 5.41) is 6.27. The largest absolute Gasteiger partial charge is 0.338 e. The third-order valence-corrected chi connectivity index (χ3v) is 3.10. The molecule has 2 aromatic carbocycles. The molecule has 0 N–H and O–H groups in total. The summed E-state index contributed by atoms with van der Waals surface area (Å²) in [5.41, 5.74) is 1.21. The molecule has 0 spiro atoms. The van der Waals surface area contributed by atoms with Gasteiger partial charge in [0.25, 0.3) is 0 Å². The number of halogens is 1. The average molecular weight is 336 g/mol. The molecule has 17 heavy (non-hydrogen) atoms. The molecule has 0 amide bonds. The summed E-state index contributed by atoms with van der Waals surface area (Å²) < 4.78 is 5.80. The van der Waals surface area contributed by atoms with Crippen molar-refractivity contribution in [3.05, 3.63) is 57.7 Å². The van der Waals surface area contributed by atoms with Gasteiger partial charge in [0.2, 0.25) is 9.72 Å². The van der Waals surface area contributed by atoms with E-state index < -0.39 is 0 Å². The van der Waals surface area contributed by atoms with Crippen molar-refractivity contribution in [2.45, 2.75) is 6.42 Å². The Balaban J connectivity index is 2.05. The van der Waals surface area contributed by atoms with Crippen LogP contribution in [0.5, 0.6) is 0 Å². The summed E-state index contributed by atoms with van der Waals surface area (Å²) in [6.07, 6.45) is 0.678. The van der Waals surface area contributed by atoms with Crippen LogP contribution in [0.2, 0.25) is 0 Å². The highest BCUT2D eigenvalue weighted by atomic mass is 127. The Bertz CT molecular complexity index is 658. The molecule has 84 valence electrons. The van der Waals surface area contributed by atoms with Crippen LogP contribution in [0.1, 0.15) is 11.5 Å². The monoisotopic (exact) mass is 336 g/mol. The highest BCUT2D eigenvalue weighted by Gasteiger charge is 2.07. The van der Waals surface area contributed by atoms with Crippen LogP contribution < -0.4 is 0 Å². The number of hydrogen-bond donors (Lipinski definition) is 0. The van der Waals surface area contributed by atoms with Crippen LogP contribution >= 0.6 is 22.6 Å². The molecule has 4 heteroatoms. The van der Waals surface area contributed by atoms with Gasteiger partial charge in [0.15, 0.2) is 0 Å². The van der Waals surface area contributed by atoms with Gasteiger partial charge >= 0.3 is 0 Å². The first-order valence-corrected chi connectivity index (χ1v) is 6.35.